The van der Waals surface area contributed by atoms with Gasteiger partial charge < -0.3 is 24.8 Å². The average molecular weight is 392 g/mol. The van der Waals surface area contributed by atoms with Crippen molar-refractivity contribution < 1.29 is 14.2 Å². The van der Waals surface area contributed by atoms with E-state index in [4.69, 9.17) is 19.2 Å². The summed E-state index contributed by atoms with van der Waals surface area (Å²) in [6.07, 6.45) is 5.91. The van der Waals surface area contributed by atoms with Crippen molar-refractivity contribution in [1.82, 2.24) is 10.6 Å². The summed E-state index contributed by atoms with van der Waals surface area (Å²) < 4.78 is 16.0. The monoisotopic (exact) mass is 391 g/mol. The van der Waals surface area contributed by atoms with Crippen LogP contribution in [0.4, 0.5) is 0 Å². The van der Waals surface area contributed by atoms with Crippen LogP contribution in [0.3, 0.4) is 0 Å². The van der Waals surface area contributed by atoms with Gasteiger partial charge in [-0.05, 0) is 55.7 Å². The Hall–Kier alpha value is -1.79. The van der Waals surface area contributed by atoms with Crippen molar-refractivity contribution in [3.63, 3.8) is 0 Å². The molecule has 0 unspecified atom stereocenters. The van der Waals surface area contributed by atoms with Gasteiger partial charge in [0.15, 0.2) is 5.96 Å². The van der Waals surface area contributed by atoms with E-state index in [0.717, 1.165) is 63.0 Å². The first kappa shape index (κ1) is 22.5. The molecule has 1 fully saturated rings. The third-order valence-electron chi connectivity index (χ3n) is 5.42. The fraction of sp³-hybridized carbons (Fsp3) is 0.682. The Morgan fingerprint density at radius 2 is 1.89 bits per heavy atom. The lowest BCUT2D eigenvalue weighted by Crippen LogP contribution is -2.47. The van der Waals surface area contributed by atoms with E-state index in [1.807, 2.05) is 19.1 Å². The van der Waals surface area contributed by atoms with E-state index in [1.54, 1.807) is 14.2 Å². The Balaban J connectivity index is 1.90. The topological polar surface area (TPSA) is 64.1 Å². The summed E-state index contributed by atoms with van der Waals surface area (Å²) in [6.45, 7) is 6.80. The maximum atomic E-state index is 5.43. The fourth-order valence-electron chi connectivity index (χ4n) is 3.38. The van der Waals surface area contributed by atoms with Crippen molar-refractivity contribution in [2.24, 2.45) is 10.4 Å². The van der Waals surface area contributed by atoms with E-state index >= 15 is 0 Å². The Bertz CT molecular complexity index is 571. The van der Waals surface area contributed by atoms with Crippen LogP contribution in [0, 0.1) is 5.41 Å². The number of nitrogens with zero attached hydrogens (tertiary/aromatic N) is 1. The molecule has 0 amide bonds. The molecule has 0 heterocycles. The standard InChI is InChI=1S/C22H37N3O3/c1-4-28-15-6-14-23-21(24-17-19-7-9-20(27-3)10-8-19)25-18-22(11-5-12-22)13-16-26-2/h7-10H,4-6,11-18H2,1-3H3,(H2,23,24,25). The van der Waals surface area contributed by atoms with Gasteiger partial charge in [-0.1, -0.05) is 18.6 Å². The van der Waals surface area contributed by atoms with Crippen LogP contribution in [0.2, 0.25) is 0 Å². The number of ether oxygens (including phenoxy) is 3. The van der Waals surface area contributed by atoms with Crippen molar-refractivity contribution in [3.05, 3.63) is 29.8 Å². The predicted octanol–water partition coefficient (Wildman–Crippen LogP) is 3.36. The molecule has 6 heteroatoms. The molecular weight excluding hydrogens is 354 g/mol. The first-order valence-corrected chi connectivity index (χ1v) is 10.4. The quantitative estimate of drug-likeness (QED) is 0.307. The molecule has 158 valence electrons. The number of hydrogen-bond donors (Lipinski definition) is 2. The number of hydrogen-bond acceptors (Lipinski definition) is 4. The second-order valence-electron chi connectivity index (χ2n) is 7.44. The van der Waals surface area contributed by atoms with Gasteiger partial charge in [0.25, 0.3) is 0 Å². The average Bonchev–Trinajstić information content (AvgIpc) is 2.70. The molecule has 2 N–H and O–H groups in total. The van der Waals surface area contributed by atoms with Gasteiger partial charge in [0.05, 0.1) is 13.7 Å². The van der Waals surface area contributed by atoms with Crippen LogP contribution in [-0.2, 0) is 16.0 Å². The van der Waals surface area contributed by atoms with E-state index < -0.39 is 0 Å². The normalized spacial score (nSPS) is 15.8. The van der Waals surface area contributed by atoms with Gasteiger partial charge in [-0.15, -0.1) is 0 Å². The highest BCUT2D eigenvalue weighted by Crippen LogP contribution is 2.43. The molecule has 28 heavy (non-hydrogen) atoms. The molecular formula is C22H37N3O3. The minimum atomic E-state index is 0.351. The zero-order chi connectivity index (χ0) is 20.1. The van der Waals surface area contributed by atoms with Crippen molar-refractivity contribution in [1.29, 1.82) is 0 Å². The number of guanidine groups is 1. The summed E-state index contributed by atoms with van der Waals surface area (Å²) in [5.41, 5.74) is 1.51. The summed E-state index contributed by atoms with van der Waals surface area (Å²) in [4.78, 5) is 4.79. The minimum Gasteiger partial charge on any atom is -0.497 e. The second-order valence-corrected chi connectivity index (χ2v) is 7.44. The number of aliphatic imine (C=N–C) groups is 1. The van der Waals surface area contributed by atoms with Gasteiger partial charge in [0, 0.05) is 40.0 Å². The van der Waals surface area contributed by atoms with Crippen molar-refractivity contribution in [2.45, 2.75) is 45.6 Å². The predicted molar refractivity (Wildman–Crippen MR) is 114 cm³/mol. The first-order chi connectivity index (χ1) is 13.7. The molecule has 0 radical (unpaired) electrons. The van der Waals surface area contributed by atoms with Crippen LogP contribution in [0.15, 0.2) is 29.3 Å². The van der Waals surface area contributed by atoms with Crippen molar-refractivity contribution in [3.8, 4) is 5.75 Å². The molecule has 0 bridgehead atoms. The molecule has 1 aliphatic carbocycles. The van der Waals surface area contributed by atoms with Gasteiger partial charge in [-0.2, -0.15) is 0 Å². The lowest BCUT2D eigenvalue weighted by Gasteiger charge is -2.42. The zero-order valence-electron chi connectivity index (χ0n) is 17.8. The van der Waals surface area contributed by atoms with Gasteiger partial charge in [-0.3, -0.25) is 0 Å². The number of rotatable bonds is 13. The Kier molecular flexibility index (Phi) is 10.1. The highest BCUT2D eigenvalue weighted by Gasteiger charge is 2.36. The van der Waals surface area contributed by atoms with Crippen molar-refractivity contribution in [2.75, 3.05) is 47.1 Å². The highest BCUT2D eigenvalue weighted by atomic mass is 16.5. The van der Waals surface area contributed by atoms with Crippen LogP contribution in [0.25, 0.3) is 0 Å². The van der Waals surface area contributed by atoms with Gasteiger partial charge in [0.2, 0.25) is 0 Å². The number of methoxy groups -OCH3 is 2. The summed E-state index contributed by atoms with van der Waals surface area (Å²) in [6, 6.07) is 8.06. The van der Waals surface area contributed by atoms with Crippen LogP contribution >= 0.6 is 0 Å². The molecule has 0 aromatic heterocycles. The molecule has 0 atom stereocenters. The molecule has 1 aromatic rings. The molecule has 1 aromatic carbocycles. The maximum Gasteiger partial charge on any atom is 0.191 e. The minimum absolute atomic E-state index is 0.351. The smallest absolute Gasteiger partial charge is 0.191 e. The molecule has 2 rings (SSSR count). The molecule has 0 aliphatic heterocycles. The lowest BCUT2D eigenvalue weighted by molar-refractivity contribution is 0.0732. The number of benzene rings is 1. The summed E-state index contributed by atoms with van der Waals surface area (Å²) in [5.74, 6) is 1.74. The Labute approximate surface area is 170 Å². The summed E-state index contributed by atoms with van der Waals surface area (Å²) in [5, 5.41) is 7.02. The second kappa shape index (κ2) is 12.6. The molecule has 6 nitrogen and oxygen atoms in total. The van der Waals surface area contributed by atoms with Gasteiger partial charge in [0.1, 0.15) is 5.75 Å². The molecule has 0 spiro atoms. The third kappa shape index (κ3) is 7.68. The fourth-order valence-corrected chi connectivity index (χ4v) is 3.38. The van der Waals surface area contributed by atoms with Crippen LogP contribution in [0.1, 0.15) is 44.6 Å². The SMILES string of the molecule is CCOCCCNC(=NCc1ccc(OC)cc1)NCC1(CCOC)CCC1. The van der Waals surface area contributed by atoms with Crippen LogP contribution < -0.4 is 15.4 Å². The summed E-state index contributed by atoms with van der Waals surface area (Å²) >= 11 is 0. The maximum absolute atomic E-state index is 5.43. The molecule has 1 saturated carbocycles. The van der Waals surface area contributed by atoms with E-state index in [0.29, 0.717) is 12.0 Å². The van der Waals surface area contributed by atoms with Gasteiger partial charge >= 0.3 is 0 Å². The Morgan fingerprint density at radius 1 is 1.11 bits per heavy atom. The highest BCUT2D eigenvalue weighted by molar-refractivity contribution is 5.79. The zero-order valence-corrected chi connectivity index (χ0v) is 17.8. The van der Waals surface area contributed by atoms with Crippen LogP contribution in [0.5, 0.6) is 5.75 Å². The largest absolute Gasteiger partial charge is 0.497 e. The van der Waals surface area contributed by atoms with Crippen LogP contribution in [-0.4, -0.2) is 53.1 Å². The molecule has 1 aliphatic rings. The first-order valence-electron chi connectivity index (χ1n) is 10.4. The molecule has 0 saturated heterocycles. The Morgan fingerprint density at radius 3 is 2.50 bits per heavy atom. The van der Waals surface area contributed by atoms with Gasteiger partial charge in [-0.25, -0.2) is 4.99 Å². The van der Waals surface area contributed by atoms with E-state index in [1.165, 1.54) is 19.3 Å². The van der Waals surface area contributed by atoms with E-state index in [2.05, 4.69) is 22.8 Å². The van der Waals surface area contributed by atoms with E-state index in [9.17, 15) is 0 Å². The number of nitrogens with one attached hydrogen (secondary N) is 2. The summed E-state index contributed by atoms with van der Waals surface area (Å²) in [7, 11) is 3.46. The third-order valence-corrected chi connectivity index (χ3v) is 5.42. The van der Waals surface area contributed by atoms with E-state index in [-0.39, 0.29) is 0 Å². The van der Waals surface area contributed by atoms with Crippen molar-refractivity contribution >= 4 is 5.96 Å². The lowest BCUT2D eigenvalue weighted by atomic mass is 9.67.